The number of aliphatic carboxylic acids is 1. The maximum absolute atomic E-state index is 14.2. The number of ketones is 2. The fourth-order valence-electron chi connectivity index (χ4n) is 9.25. The first-order valence-corrected chi connectivity index (χ1v) is 25.6. The number of nitrogens with zero attached hydrogens (tertiary/aromatic N) is 1. The Bertz CT molecular complexity index is 2230. The van der Waals surface area contributed by atoms with Gasteiger partial charge in [0.2, 0.25) is 47.3 Å². The number of allylic oxidation sites excluding steroid dienone is 1. The number of benzene rings is 1. The normalized spacial score (nSPS) is 19.4. The number of phenolic OH excluding ortho intramolecular Hbond substituents is 1. The first-order valence-electron chi connectivity index (χ1n) is 25.6. The molecule has 3 fully saturated rings. The molecule has 0 spiro atoms. The molecule has 0 aromatic heterocycles. The van der Waals surface area contributed by atoms with Gasteiger partial charge in [-0.2, -0.15) is 0 Å². The number of carboxylic acid groups (broad SMARTS) is 1. The summed E-state index contributed by atoms with van der Waals surface area (Å²) in [5.74, 6) is -7.76. The van der Waals surface area contributed by atoms with E-state index in [2.05, 4.69) is 37.2 Å². The standard InChI is InChI=1S/C51H76N10O13/c1-29(2)24-36(47(71)56-33(44(53)68)10-6-8-21-54-22-19-32-40(63)27-51(3,4)28-41(32)64)58-45(69)34(11-5-7-20-52)57-49(73)39-12-9-23-61(39)50(74)38(26-43(66)67)60-48(72)37(25-30-13-15-31(62)16-14-30)59-46(70)35-17-18-42(65)55-35/h13-16,19,29,33-39,54,62H,5-12,17-18,20-28,52H2,1-4H3,(H2,53,68)(H,55,65)(H,56,71)(H,57,73)(H,58,69)(H,59,70)(H,60,72)(H,66,67)/t33-,34+,35?,36-,37+,38+,39-/m0/s1. The summed E-state index contributed by atoms with van der Waals surface area (Å²) in [5, 5.41) is 38.5. The number of hydrogen-bond donors (Lipinski definition) is 11. The minimum Gasteiger partial charge on any atom is -0.508 e. The van der Waals surface area contributed by atoms with E-state index in [0.717, 1.165) is 4.90 Å². The van der Waals surface area contributed by atoms with E-state index in [0.29, 0.717) is 63.6 Å². The molecule has 23 nitrogen and oxygen atoms in total. The molecule has 1 aromatic carbocycles. The number of hydrogen-bond acceptors (Lipinski definition) is 14. The zero-order valence-corrected chi connectivity index (χ0v) is 42.9. The highest BCUT2D eigenvalue weighted by Crippen LogP contribution is 2.33. The van der Waals surface area contributed by atoms with Crippen LogP contribution in [0.4, 0.5) is 0 Å². The van der Waals surface area contributed by atoms with Gasteiger partial charge in [-0.3, -0.25) is 52.7 Å². The number of rotatable bonds is 29. The molecule has 2 aliphatic heterocycles. The van der Waals surface area contributed by atoms with Crippen LogP contribution < -0.4 is 48.7 Å². The van der Waals surface area contributed by atoms with Crippen LogP contribution in [0.1, 0.15) is 123 Å². The van der Waals surface area contributed by atoms with Gasteiger partial charge in [-0.05, 0) is 106 Å². The van der Waals surface area contributed by atoms with E-state index in [4.69, 9.17) is 11.5 Å². The third kappa shape index (κ3) is 18.9. The van der Waals surface area contributed by atoms with Crippen LogP contribution in [0.3, 0.4) is 0 Å². The van der Waals surface area contributed by atoms with Gasteiger partial charge in [0, 0.05) is 38.8 Å². The third-order valence-electron chi connectivity index (χ3n) is 13.2. The van der Waals surface area contributed by atoms with Gasteiger partial charge >= 0.3 is 5.97 Å². The van der Waals surface area contributed by atoms with Crippen molar-refractivity contribution < 1.29 is 63.0 Å². The summed E-state index contributed by atoms with van der Waals surface area (Å²) in [6, 6.07) is -2.91. The van der Waals surface area contributed by atoms with Crippen LogP contribution in [0.15, 0.2) is 35.9 Å². The largest absolute Gasteiger partial charge is 0.508 e. The van der Waals surface area contributed by atoms with E-state index in [-0.39, 0.29) is 98.2 Å². The highest BCUT2D eigenvalue weighted by atomic mass is 16.4. The first-order chi connectivity index (χ1) is 35.0. The summed E-state index contributed by atoms with van der Waals surface area (Å²) in [6.07, 6.45) is 4.18. The number of carboxylic acids is 1. The van der Waals surface area contributed by atoms with Crippen LogP contribution in [-0.4, -0.2) is 148 Å². The van der Waals surface area contributed by atoms with Gasteiger partial charge in [0.25, 0.3) is 0 Å². The van der Waals surface area contributed by atoms with Crippen molar-refractivity contribution >= 4 is 64.8 Å². The van der Waals surface area contributed by atoms with E-state index >= 15 is 0 Å². The number of nitrogens with two attached hydrogens (primary N) is 2. The van der Waals surface area contributed by atoms with Gasteiger partial charge in [0.15, 0.2) is 11.6 Å². The fourth-order valence-corrected chi connectivity index (χ4v) is 9.25. The van der Waals surface area contributed by atoms with Gasteiger partial charge < -0.3 is 63.8 Å². The van der Waals surface area contributed by atoms with Crippen LogP contribution >= 0.6 is 0 Å². The van der Waals surface area contributed by atoms with E-state index < -0.39 is 96.0 Å². The van der Waals surface area contributed by atoms with Gasteiger partial charge in [-0.1, -0.05) is 45.9 Å². The van der Waals surface area contributed by atoms with E-state index in [9.17, 15) is 63.0 Å². The summed E-state index contributed by atoms with van der Waals surface area (Å²) in [4.78, 5) is 146. The maximum atomic E-state index is 14.2. The van der Waals surface area contributed by atoms with E-state index in [1.165, 1.54) is 24.3 Å². The number of aromatic hydroxyl groups is 1. The number of Topliss-reactive ketones (excluding diaryl/α,β-unsaturated/α-hetero) is 2. The maximum Gasteiger partial charge on any atom is 0.305 e. The minimum absolute atomic E-state index is 0.00257. The van der Waals surface area contributed by atoms with Crippen molar-refractivity contribution in [1.82, 2.24) is 42.1 Å². The van der Waals surface area contributed by atoms with Crippen molar-refractivity contribution in [1.29, 1.82) is 0 Å². The summed E-state index contributed by atoms with van der Waals surface area (Å²) >= 11 is 0. The van der Waals surface area contributed by atoms with Crippen LogP contribution in [0.5, 0.6) is 5.75 Å². The van der Waals surface area contributed by atoms with E-state index in [1.54, 1.807) is 6.08 Å². The smallest absolute Gasteiger partial charge is 0.305 e. The van der Waals surface area contributed by atoms with Crippen LogP contribution in [0.2, 0.25) is 0 Å². The first kappa shape index (κ1) is 59.8. The Morgan fingerprint density at radius 2 is 1.38 bits per heavy atom. The Kier molecular flexibility index (Phi) is 23.1. The SMILES string of the molecule is CC(C)C[C@H](NC(=O)[C@@H](CCCCN)NC(=O)[C@@H]1CCCN1C(=O)[C@@H](CC(=O)O)NC(=O)[C@@H](Cc1ccc(O)cc1)NC(=O)C1CCC(=O)N1)C(=O)N[C@@H](CCCCNCC=C1C(=O)CC(C)(C)CC1=O)C(N)=O. The highest BCUT2D eigenvalue weighted by molar-refractivity contribution is 6.22. The molecule has 1 unspecified atom stereocenters. The topological polar surface area (TPSA) is 368 Å². The van der Waals surface area contributed by atoms with Crippen molar-refractivity contribution in [2.24, 2.45) is 22.8 Å². The molecule has 7 atom stereocenters. The lowest BCUT2D eigenvalue weighted by Crippen LogP contribution is -2.60. The van der Waals surface area contributed by atoms with Gasteiger partial charge in [-0.25, -0.2) is 0 Å². The monoisotopic (exact) mass is 1040 g/mol. The second kappa shape index (κ2) is 28.6. The molecule has 1 aromatic rings. The molecule has 408 valence electrons. The molecule has 1 aliphatic carbocycles. The summed E-state index contributed by atoms with van der Waals surface area (Å²) < 4.78 is 0. The predicted octanol–water partition coefficient (Wildman–Crippen LogP) is -0.592. The average Bonchev–Trinajstić information content (AvgIpc) is 4.00. The number of unbranched alkanes of at least 4 members (excludes halogenated alkanes) is 2. The number of carbonyl (C=O) groups is 11. The Morgan fingerprint density at radius 3 is 1.99 bits per heavy atom. The molecule has 1 saturated carbocycles. The van der Waals surface area contributed by atoms with Crippen LogP contribution in [0, 0.1) is 11.3 Å². The zero-order valence-electron chi connectivity index (χ0n) is 42.9. The second-order valence-corrected chi connectivity index (χ2v) is 20.6. The molecule has 74 heavy (non-hydrogen) atoms. The van der Waals surface area contributed by atoms with Gasteiger partial charge in [0.05, 0.1) is 12.0 Å². The lowest BCUT2D eigenvalue weighted by Gasteiger charge is -2.31. The number of phenols is 1. The minimum atomic E-state index is -1.71. The quantitative estimate of drug-likeness (QED) is 0.0271. The molecular formula is C51H76N10O13. The molecule has 4 rings (SSSR count). The Morgan fingerprint density at radius 1 is 0.784 bits per heavy atom. The number of carbonyl (C=O) groups excluding carboxylic acids is 10. The van der Waals surface area contributed by atoms with E-state index in [1.807, 2.05) is 27.7 Å². The number of primary amides is 1. The molecular weight excluding hydrogens is 961 g/mol. The molecule has 0 radical (unpaired) electrons. The van der Waals surface area contributed by atoms with Crippen molar-refractivity contribution in [3.05, 3.63) is 41.5 Å². The van der Waals surface area contributed by atoms with Crippen molar-refractivity contribution in [3.63, 3.8) is 0 Å². The zero-order chi connectivity index (χ0) is 54.7. The fraction of sp³-hybridized carbons (Fsp3) is 0.627. The van der Waals surface area contributed by atoms with Gasteiger partial charge in [0.1, 0.15) is 48.0 Å². The number of likely N-dealkylation sites (tertiary alicyclic amines) is 1. The van der Waals surface area contributed by atoms with Crippen molar-refractivity contribution in [2.75, 3.05) is 26.2 Å². The molecule has 8 amide bonds. The van der Waals surface area contributed by atoms with Crippen LogP contribution in [0.25, 0.3) is 0 Å². The summed E-state index contributed by atoms with van der Waals surface area (Å²) in [7, 11) is 0. The molecule has 2 heterocycles. The van der Waals surface area contributed by atoms with Crippen molar-refractivity contribution in [2.45, 2.75) is 166 Å². The average molecular weight is 1040 g/mol. The number of amides is 8. The molecule has 23 heteroatoms. The highest BCUT2D eigenvalue weighted by Gasteiger charge is 2.41. The summed E-state index contributed by atoms with van der Waals surface area (Å²) in [6.45, 7) is 8.49. The third-order valence-corrected chi connectivity index (χ3v) is 13.2. The Labute approximate surface area is 431 Å². The molecule has 0 bridgehead atoms. The Balaban J connectivity index is 1.41. The molecule has 13 N–H and O–H groups in total. The molecule has 3 aliphatic rings. The van der Waals surface area contributed by atoms with Crippen LogP contribution in [-0.2, 0) is 59.2 Å². The lowest BCUT2D eigenvalue weighted by molar-refractivity contribution is -0.146. The van der Waals surface area contributed by atoms with Crippen molar-refractivity contribution in [3.8, 4) is 5.75 Å². The summed E-state index contributed by atoms with van der Waals surface area (Å²) in [5.41, 5.74) is 11.8. The predicted molar refractivity (Wildman–Crippen MR) is 269 cm³/mol. The lowest BCUT2D eigenvalue weighted by atomic mass is 9.74. The number of nitrogens with one attached hydrogen (secondary N) is 7. The molecule has 2 saturated heterocycles. The second-order valence-electron chi connectivity index (χ2n) is 20.6. The van der Waals surface area contributed by atoms with Gasteiger partial charge in [-0.15, -0.1) is 0 Å². The Hall–Kier alpha value is -6.75.